The van der Waals surface area contributed by atoms with E-state index in [1.54, 1.807) is 32.4 Å². The lowest BCUT2D eigenvalue weighted by Gasteiger charge is -2.01. The fraction of sp³-hybridized carbons (Fsp3) is 0.125. The summed E-state index contributed by atoms with van der Waals surface area (Å²) in [6, 6.07) is 8.34. The van der Waals surface area contributed by atoms with E-state index >= 15 is 0 Å². The Kier molecular flexibility index (Phi) is 4.26. The predicted molar refractivity (Wildman–Crippen MR) is 92.6 cm³/mol. The Hall–Kier alpha value is -3.18. The van der Waals surface area contributed by atoms with E-state index in [4.69, 9.17) is 4.74 Å². The number of thiazole rings is 1. The van der Waals surface area contributed by atoms with Gasteiger partial charge in [0.05, 0.1) is 12.0 Å². The van der Waals surface area contributed by atoms with Gasteiger partial charge in [0.15, 0.2) is 5.01 Å². The molecule has 0 aliphatic heterocycles. The van der Waals surface area contributed by atoms with E-state index in [1.165, 1.54) is 17.4 Å². The fourth-order valence-electron chi connectivity index (χ4n) is 2.06. The van der Waals surface area contributed by atoms with E-state index < -0.39 is 4.92 Å². The monoisotopic (exact) mass is 340 g/mol. The SMILES string of the molecule is CNc1ccc(C#Cc2nc3ccc(OC)nc3s2)cc1[N+](=O)[O-]. The molecular weight excluding hydrogens is 328 g/mol. The molecule has 0 bridgehead atoms. The van der Waals surface area contributed by atoms with Gasteiger partial charge in [-0.1, -0.05) is 17.3 Å². The highest BCUT2D eigenvalue weighted by Gasteiger charge is 2.12. The largest absolute Gasteiger partial charge is 0.481 e. The molecule has 1 aromatic carbocycles. The Bertz CT molecular complexity index is 988. The van der Waals surface area contributed by atoms with Crippen molar-refractivity contribution in [2.75, 3.05) is 19.5 Å². The Morgan fingerprint density at radius 2 is 2.08 bits per heavy atom. The van der Waals surface area contributed by atoms with E-state index in [0.717, 1.165) is 10.3 Å². The number of nitro benzene ring substituents is 1. The van der Waals surface area contributed by atoms with E-state index in [-0.39, 0.29) is 5.69 Å². The van der Waals surface area contributed by atoms with Crippen molar-refractivity contribution in [2.24, 2.45) is 0 Å². The molecule has 0 aliphatic rings. The van der Waals surface area contributed by atoms with Gasteiger partial charge < -0.3 is 10.1 Å². The van der Waals surface area contributed by atoms with Crippen LogP contribution in [0.5, 0.6) is 5.88 Å². The summed E-state index contributed by atoms with van der Waals surface area (Å²) in [5.41, 5.74) is 1.72. The average Bonchev–Trinajstić information content (AvgIpc) is 3.01. The van der Waals surface area contributed by atoms with Crippen molar-refractivity contribution < 1.29 is 9.66 Å². The van der Waals surface area contributed by atoms with Crippen LogP contribution in [0.15, 0.2) is 30.3 Å². The lowest BCUT2D eigenvalue weighted by Crippen LogP contribution is -1.96. The molecule has 0 unspecified atom stereocenters. The van der Waals surface area contributed by atoms with Crippen molar-refractivity contribution >= 4 is 33.1 Å². The molecule has 3 rings (SSSR count). The van der Waals surface area contributed by atoms with Gasteiger partial charge >= 0.3 is 0 Å². The molecule has 0 amide bonds. The maximum absolute atomic E-state index is 11.1. The third-order valence-corrected chi connectivity index (χ3v) is 4.10. The summed E-state index contributed by atoms with van der Waals surface area (Å²) in [6.45, 7) is 0. The standard InChI is InChI=1S/C16H12N4O3S/c1-17-11-5-3-10(9-13(11)20(21)22)4-8-15-18-12-6-7-14(23-2)19-16(12)24-15/h3,5-7,9,17H,1-2H3. The molecule has 0 fully saturated rings. The molecular formula is C16H12N4O3S. The van der Waals surface area contributed by atoms with Crippen LogP contribution >= 0.6 is 11.3 Å². The van der Waals surface area contributed by atoms with Gasteiger partial charge in [0.2, 0.25) is 5.88 Å². The number of ether oxygens (including phenoxy) is 1. The lowest BCUT2D eigenvalue weighted by molar-refractivity contribution is -0.384. The molecule has 2 heterocycles. The first-order chi connectivity index (χ1) is 11.6. The van der Waals surface area contributed by atoms with Gasteiger partial charge in [-0.25, -0.2) is 9.97 Å². The quantitative estimate of drug-likeness (QED) is 0.448. The highest BCUT2D eigenvalue weighted by molar-refractivity contribution is 7.18. The van der Waals surface area contributed by atoms with E-state index in [1.807, 2.05) is 6.07 Å². The first-order valence-electron chi connectivity index (χ1n) is 6.90. The first kappa shape index (κ1) is 15.7. The number of benzene rings is 1. The number of hydrogen-bond donors (Lipinski definition) is 1. The summed E-state index contributed by atoms with van der Waals surface area (Å²) in [5.74, 6) is 6.35. The second-order valence-corrected chi connectivity index (χ2v) is 5.66. The number of fused-ring (bicyclic) bond motifs is 1. The molecule has 0 atom stereocenters. The lowest BCUT2D eigenvalue weighted by atomic mass is 10.2. The second-order valence-electron chi connectivity index (χ2n) is 4.69. The zero-order valence-corrected chi connectivity index (χ0v) is 13.7. The number of aromatic nitrogens is 2. The van der Waals surface area contributed by atoms with Crippen molar-refractivity contribution in [1.29, 1.82) is 0 Å². The van der Waals surface area contributed by atoms with Crippen molar-refractivity contribution in [2.45, 2.75) is 0 Å². The first-order valence-corrected chi connectivity index (χ1v) is 7.72. The number of rotatable bonds is 3. The molecule has 8 heteroatoms. The van der Waals surface area contributed by atoms with Crippen LogP contribution in [-0.4, -0.2) is 29.0 Å². The van der Waals surface area contributed by atoms with Gasteiger partial charge in [0.25, 0.3) is 5.69 Å². The molecule has 120 valence electrons. The van der Waals surface area contributed by atoms with Crippen LogP contribution < -0.4 is 10.1 Å². The van der Waals surface area contributed by atoms with Gasteiger partial charge in [-0.3, -0.25) is 10.1 Å². The molecule has 0 aliphatic carbocycles. The zero-order chi connectivity index (χ0) is 17.1. The maximum atomic E-state index is 11.1. The maximum Gasteiger partial charge on any atom is 0.293 e. The van der Waals surface area contributed by atoms with Crippen molar-refractivity contribution in [3.05, 3.63) is 51.0 Å². The number of nitrogens with one attached hydrogen (secondary N) is 1. The highest BCUT2D eigenvalue weighted by Crippen LogP contribution is 2.25. The molecule has 7 nitrogen and oxygen atoms in total. The molecule has 3 aromatic rings. The van der Waals surface area contributed by atoms with E-state index in [9.17, 15) is 10.1 Å². The van der Waals surface area contributed by atoms with Crippen LogP contribution in [0, 0.1) is 22.0 Å². The minimum absolute atomic E-state index is 0.0139. The van der Waals surface area contributed by atoms with E-state index in [2.05, 4.69) is 27.1 Å². The molecule has 24 heavy (non-hydrogen) atoms. The summed E-state index contributed by atoms with van der Waals surface area (Å²) >= 11 is 1.34. The molecule has 0 radical (unpaired) electrons. The fourth-order valence-corrected chi connectivity index (χ4v) is 2.85. The minimum atomic E-state index is -0.440. The van der Waals surface area contributed by atoms with Crippen molar-refractivity contribution in [3.8, 4) is 17.7 Å². The van der Waals surface area contributed by atoms with Crippen LogP contribution in [0.3, 0.4) is 0 Å². The van der Waals surface area contributed by atoms with Gasteiger partial charge in [-0.15, -0.1) is 0 Å². The van der Waals surface area contributed by atoms with Gasteiger partial charge in [-0.2, -0.15) is 0 Å². The number of hydrogen-bond acceptors (Lipinski definition) is 7. The van der Waals surface area contributed by atoms with E-state index in [0.29, 0.717) is 22.1 Å². The molecule has 0 saturated carbocycles. The van der Waals surface area contributed by atoms with Crippen molar-refractivity contribution in [1.82, 2.24) is 9.97 Å². The molecule has 1 N–H and O–H groups in total. The molecule has 0 saturated heterocycles. The smallest absolute Gasteiger partial charge is 0.293 e. The Balaban J connectivity index is 1.95. The summed E-state index contributed by atoms with van der Waals surface area (Å²) in [4.78, 5) is 20.0. The van der Waals surface area contributed by atoms with Crippen LogP contribution in [0.25, 0.3) is 10.3 Å². The second kappa shape index (κ2) is 6.52. The summed E-state index contributed by atoms with van der Waals surface area (Å²) in [5, 5.41) is 14.4. The normalized spacial score (nSPS) is 10.1. The predicted octanol–water partition coefficient (Wildman–Crippen LogP) is 3.05. The summed E-state index contributed by atoms with van der Waals surface area (Å²) < 4.78 is 5.08. The zero-order valence-electron chi connectivity index (χ0n) is 12.9. The third-order valence-electron chi connectivity index (χ3n) is 3.22. The summed E-state index contributed by atoms with van der Waals surface area (Å²) in [6.07, 6.45) is 0. The third kappa shape index (κ3) is 3.11. The molecule has 0 spiro atoms. The van der Waals surface area contributed by atoms with Crippen LogP contribution in [0.4, 0.5) is 11.4 Å². The Morgan fingerprint density at radius 1 is 1.25 bits per heavy atom. The number of methoxy groups -OCH3 is 1. The number of nitro groups is 1. The molecule has 2 aromatic heterocycles. The topological polar surface area (TPSA) is 90.2 Å². The number of anilines is 1. The Labute approximate surface area is 141 Å². The van der Waals surface area contributed by atoms with Gasteiger partial charge in [-0.05, 0) is 24.1 Å². The van der Waals surface area contributed by atoms with Gasteiger partial charge in [0.1, 0.15) is 16.0 Å². The Morgan fingerprint density at radius 3 is 2.79 bits per heavy atom. The van der Waals surface area contributed by atoms with Crippen LogP contribution in [0.2, 0.25) is 0 Å². The summed E-state index contributed by atoms with van der Waals surface area (Å²) in [7, 11) is 3.19. The van der Waals surface area contributed by atoms with Crippen molar-refractivity contribution in [3.63, 3.8) is 0 Å². The van der Waals surface area contributed by atoms with Crippen LogP contribution in [-0.2, 0) is 0 Å². The van der Waals surface area contributed by atoms with Crippen LogP contribution in [0.1, 0.15) is 10.6 Å². The minimum Gasteiger partial charge on any atom is -0.481 e. The van der Waals surface area contributed by atoms with Gasteiger partial charge in [0, 0.05) is 24.7 Å². The number of nitrogens with zero attached hydrogens (tertiary/aromatic N) is 3. The highest BCUT2D eigenvalue weighted by atomic mass is 32.1. The number of pyridine rings is 1. The average molecular weight is 340 g/mol.